The zero-order valence-electron chi connectivity index (χ0n) is 25.2. The lowest BCUT2D eigenvalue weighted by atomic mass is 10.1. The predicted octanol–water partition coefficient (Wildman–Crippen LogP) is 4.51. The number of amides is 2. The van der Waals surface area contributed by atoms with E-state index in [9.17, 15) is 9.59 Å². The Morgan fingerprint density at radius 3 is 2.63 bits per heavy atom. The van der Waals surface area contributed by atoms with Crippen LogP contribution in [0.4, 0.5) is 28.1 Å². The van der Waals surface area contributed by atoms with Crippen molar-refractivity contribution in [2.75, 3.05) is 53.8 Å². The summed E-state index contributed by atoms with van der Waals surface area (Å²) < 4.78 is 5.54. The minimum Gasteiger partial charge on any atom is -0.493 e. The first-order valence-corrected chi connectivity index (χ1v) is 15.3. The first kappa shape index (κ1) is 32.2. The molecule has 5 rings (SSSR count). The molecule has 3 aromatic heterocycles. The van der Waals surface area contributed by atoms with Gasteiger partial charge in [-0.05, 0) is 42.8 Å². The van der Waals surface area contributed by atoms with E-state index in [-0.39, 0.29) is 11.8 Å². The van der Waals surface area contributed by atoms with Crippen molar-refractivity contribution in [1.82, 2.24) is 19.9 Å². The van der Waals surface area contributed by atoms with Crippen molar-refractivity contribution in [3.05, 3.63) is 89.3 Å². The number of ether oxygens (including phenoxy) is 1. The van der Waals surface area contributed by atoms with Gasteiger partial charge in [-0.2, -0.15) is 0 Å². The Kier molecular flexibility index (Phi) is 10.0. The number of aromatic nitrogens is 3. The maximum Gasteiger partial charge on any atom is 0.267 e. The van der Waals surface area contributed by atoms with Crippen molar-refractivity contribution < 1.29 is 14.3 Å². The molecule has 4 aromatic rings. The van der Waals surface area contributed by atoms with Crippen LogP contribution in [-0.4, -0.2) is 65.0 Å². The molecular weight excluding hydrogens is 628 g/mol. The van der Waals surface area contributed by atoms with E-state index in [0.29, 0.717) is 81.2 Å². The molecule has 0 saturated carbocycles. The second kappa shape index (κ2) is 14.3. The minimum absolute atomic E-state index is 0.103. The molecule has 0 radical (unpaired) electrons. The van der Waals surface area contributed by atoms with Gasteiger partial charge in [-0.1, -0.05) is 41.6 Å². The highest BCUT2D eigenvalue weighted by Gasteiger charge is 2.24. The lowest BCUT2D eigenvalue weighted by Gasteiger charge is -2.36. The summed E-state index contributed by atoms with van der Waals surface area (Å²) in [7, 11) is 1.54. The van der Waals surface area contributed by atoms with E-state index in [2.05, 4.69) is 27.1 Å². The van der Waals surface area contributed by atoms with Crippen LogP contribution < -0.4 is 36.9 Å². The molecule has 0 bridgehead atoms. The van der Waals surface area contributed by atoms with Crippen LogP contribution in [0.1, 0.15) is 15.2 Å². The van der Waals surface area contributed by atoms with Gasteiger partial charge in [0.25, 0.3) is 5.91 Å². The summed E-state index contributed by atoms with van der Waals surface area (Å²) in [4.78, 5) is 43.1. The van der Waals surface area contributed by atoms with Crippen molar-refractivity contribution in [2.45, 2.75) is 6.92 Å². The molecule has 15 heteroatoms. The number of hydrogen-bond donors (Lipinski definition) is 4. The molecule has 4 heterocycles. The Morgan fingerprint density at radius 2 is 1.93 bits per heavy atom. The van der Waals surface area contributed by atoms with Crippen LogP contribution in [0.5, 0.6) is 5.75 Å². The summed E-state index contributed by atoms with van der Waals surface area (Å²) in [5, 5.41) is 8.31. The second-order valence-corrected chi connectivity index (χ2v) is 11.6. The van der Waals surface area contributed by atoms with E-state index >= 15 is 0 Å². The monoisotopic (exact) mass is 660 g/mol. The lowest BCUT2D eigenvalue weighted by molar-refractivity contribution is -0.126. The summed E-state index contributed by atoms with van der Waals surface area (Å²) in [5.74, 6) is 7.42. The van der Waals surface area contributed by atoms with Crippen molar-refractivity contribution in [3.8, 4) is 17.0 Å². The van der Waals surface area contributed by atoms with Crippen LogP contribution in [0.25, 0.3) is 11.3 Å². The Balaban J connectivity index is 1.39. The number of carbonyl (C=O) groups excluding carboxylic acids is 2. The maximum absolute atomic E-state index is 13.0. The molecule has 1 fully saturated rings. The molecule has 0 atom stereocenters. The molecular formula is C31H33ClN10O3S. The molecule has 1 saturated heterocycles. The number of aryl methyl sites for hydroxylation is 1. The standard InChI is InChI=1S/C31H33ClN10O3S/c1-4-26(43)40-12-14-41(15-13-40)29-23(42(34)11-10-33)16-20(17-35-29)22-8-9-24(45-3)28(37-22)39-31-36-18-25(46-31)30(44)38-27-19(2)6-5-7-21(27)32/h4-11,16-18H,1,12-15,33-34H2,2-3H3,(H,38,44)(H,36,37,39)/b11-10-. The summed E-state index contributed by atoms with van der Waals surface area (Å²) >= 11 is 7.44. The van der Waals surface area contributed by atoms with Crippen molar-refractivity contribution >= 4 is 62.9 Å². The van der Waals surface area contributed by atoms with E-state index in [4.69, 9.17) is 37.9 Å². The van der Waals surface area contributed by atoms with Crippen LogP contribution >= 0.6 is 22.9 Å². The zero-order chi connectivity index (χ0) is 32.8. The van der Waals surface area contributed by atoms with Gasteiger partial charge in [-0.3, -0.25) is 14.6 Å². The first-order valence-electron chi connectivity index (χ1n) is 14.2. The highest BCUT2D eigenvalue weighted by Crippen LogP contribution is 2.35. The van der Waals surface area contributed by atoms with Crippen LogP contribution in [0.3, 0.4) is 0 Å². The molecule has 6 N–H and O–H groups in total. The number of nitrogens with two attached hydrogens (primary N) is 2. The molecule has 1 aliphatic heterocycles. The molecule has 1 aromatic carbocycles. The molecule has 46 heavy (non-hydrogen) atoms. The molecule has 238 valence electrons. The lowest BCUT2D eigenvalue weighted by Crippen LogP contribution is -2.49. The van der Waals surface area contributed by atoms with Crippen molar-refractivity contribution in [1.29, 1.82) is 0 Å². The number of rotatable bonds is 10. The van der Waals surface area contributed by atoms with Gasteiger partial charge < -0.3 is 30.9 Å². The molecule has 0 spiro atoms. The Labute approximate surface area is 275 Å². The molecule has 13 nitrogen and oxygen atoms in total. The fraction of sp³-hybridized carbons (Fsp3) is 0.194. The Bertz CT molecular complexity index is 1770. The average molecular weight is 661 g/mol. The van der Waals surface area contributed by atoms with Gasteiger partial charge >= 0.3 is 0 Å². The molecule has 0 unspecified atom stereocenters. The van der Waals surface area contributed by atoms with E-state index in [1.165, 1.54) is 36.8 Å². The SMILES string of the molecule is C=CC(=O)N1CCN(c2ncc(-c3ccc(OC)c(Nc4ncc(C(=O)Nc5c(C)cccc5Cl)s4)n3)cc2N(N)/C=C\N)CC1. The quantitative estimate of drug-likeness (QED) is 0.107. The minimum atomic E-state index is -0.333. The number of pyridine rings is 2. The van der Waals surface area contributed by atoms with Crippen LogP contribution in [-0.2, 0) is 4.79 Å². The third-order valence-electron chi connectivity index (χ3n) is 7.23. The topological polar surface area (TPSA) is 168 Å². The van der Waals surface area contributed by atoms with Gasteiger partial charge in [0, 0.05) is 50.3 Å². The third kappa shape index (κ3) is 7.04. The smallest absolute Gasteiger partial charge is 0.267 e. The van der Waals surface area contributed by atoms with Crippen molar-refractivity contribution in [2.24, 2.45) is 11.6 Å². The highest BCUT2D eigenvalue weighted by atomic mass is 35.5. The van der Waals surface area contributed by atoms with Crippen molar-refractivity contribution in [3.63, 3.8) is 0 Å². The summed E-state index contributed by atoms with van der Waals surface area (Å²) in [5.41, 5.74) is 8.91. The number of halogens is 1. The van der Waals surface area contributed by atoms with Crippen LogP contribution in [0, 0.1) is 6.92 Å². The number of anilines is 5. The van der Waals surface area contributed by atoms with E-state index in [0.717, 1.165) is 16.9 Å². The molecule has 0 aliphatic carbocycles. The van der Waals surface area contributed by atoms with Gasteiger partial charge in [0.2, 0.25) is 5.91 Å². The van der Waals surface area contributed by atoms with E-state index < -0.39 is 0 Å². The first-order chi connectivity index (χ1) is 22.2. The van der Waals surface area contributed by atoms with Gasteiger partial charge in [0.1, 0.15) is 10.6 Å². The average Bonchev–Trinajstić information content (AvgIpc) is 3.54. The summed E-state index contributed by atoms with van der Waals surface area (Å²) in [6.07, 6.45) is 7.37. The summed E-state index contributed by atoms with van der Waals surface area (Å²) in [6, 6.07) is 10.8. The van der Waals surface area contributed by atoms with E-state index in [1.807, 2.05) is 25.1 Å². The number of piperazine rings is 1. The van der Waals surface area contributed by atoms with Crippen LogP contribution in [0.15, 0.2) is 73.8 Å². The third-order valence-corrected chi connectivity index (χ3v) is 8.45. The number of nitrogens with zero attached hydrogens (tertiary/aromatic N) is 6. The van der Waals surface area contributed by atoms with Crippen LogP contribution in [0.2, 0.25) is 5.02 Å². The number of hydrogen-bond acceptors (Lipinski definition) is 12. The zero-order valence-corrected chi connectivity index (χ0v) is 26.8. The second-order valence-electron chi connectivity index (χ2n) is 10.1. The largest absolute Gasteiger partial charge is 0.493 e. The van der Waals surface area contributed by atoms with Gasteiger partial charge in [-0.25, -0.2) is 20.8 Å². The normalized spacial score (nSPS) is 13.0. The van der Waals surface area contributed by atoms with Gasteiger partial charge in [-0.15, -0.1) is 0 Å². The number of carbonyl (C=O) groups is 2. The maximum atomic E-state index is 13.0. The molecule has 1 aliphatic rings. The highest BCUT2D eigenvalue weighted by molar-refractivity contribution is 7.17. The molecule has 2 amide bonds. The number of hydrazine groups is 1. The Hall–Kier alpha value is -5.18. The number of para-hydroxylation sites is 1. The van der Waals surface area contributed by atoms with E-state index in [1.54, 1.807) is 29.3 Å². The van der Waals surface area contributed by atoms with Gasteiger partial charge in [0.05, 0.1) is 29.7 Å². The number of nitrogens with one attached hydrogen (secondary N) is 2. The fourth-order valence-electron chi connectivity index (χ4n) is 4.83. The van der Waals surface area contributed by atoms with Gasteiger partial charge in [0.15, 0.2) is 22.5 Å². The summed E-state index contributed by atoms with van der Waals surface area (Å²) in [6.45, 7) is 7.64. The number of benzene rings is 1. The fourth-order valence-corrected chi connectivity index (χ4v) is 5.80. The Morgan fingerprint density at radius 1 is 1.15 bits per heavy atom. The number of methoxy groups -OCH3 is 1. The number of thiazole rings is 1. The predicted molar refractivity (Wildman–Crippen MR) is 183 cm³/mol.